The summed E-state index contributed by atoms with van der Waals surface area (Å²) >= 11 is 6.08. The molecule has 140 valence electrons. The molecular formula is C20H18ClN7. The van der Waals surface area contributed by atoms with Crippen molar-refractivity contribution in [2.75, 3.05) is 18.0 Å². The number of tetrazole rings is 1. The third kappa shape index (κ3) is 3.07. The molecule has 7 nitrogen and oxygen atoms in total. The van der Waals surface area contributed by atoms with Crippen LogP contribution in [0.4, 0.5) is 5.82 Å². The van der Waals surface area contributed by atoms with Gasteiger partial charge in [-0.2, -0.15) is 0 Å². The molecule has 0 amide bonds. The summed E-state index contributed by atoms with van der Waals surface area (Å²) in [5.74, 6) is 2.05. The summed E-state index contributed by atoms with van der Waals surface area (Å²) in [6, 6.07) is 14.1. The van der Waals surface area contributed by atoms with Gasteiger partial charge in [-0.05, 0) is 52.6 Å². The maximum Gasteiger partial charge on any atom is 0.153 e. The topological polar surface area (TPSA) is 83.5 Å². The quantitative estimate of drug-likeness (QED) is 0.571. The SMILES string of the molecule is Clc1ccc(-c2cccc3ncnc(N4CCCC(c5nnn[nH]5)C4)c23)cc1. The summed E-state index contributed by atoms with van der Waals surface area (Å²) in [5, 5.41) is 16.3. The van der Waals surface area contributed by atoms with Gasteiger partial charge in [-0.1, -0.05) is 35.9 Å². The molecule has 0 radical (unpaired) electrons. The van der Waals surface area contributed by atoms with Gasteiger partial charge in [-0.25, -0.2) is 15.1 Å². The van der Waals surface area contributed by atoms with E-state index in [0.717, 1.165) is 64.6 Å². The zero-order chi connectivity index (χ0) is 18.9. The van der Waals surface area contributed by atoms with Gasteiger partial charge in [-0.15, -0.1) is 5.10 Å². The number of nitrogens with zero attached hydrogens (tertiary/aromatic N) is 6. The fourth-order valence-electron chi connectivity index (χ4n) is 3.93. The molecule has 0 aliphatic carbocycles. The van der Waals surface area contributed by atoms with E-state index in [1.54, 1.807) is 6.33 Å². The van der Waals surface area contributed by atoms with Gasteiger partial charge in [0.15, 0.2) is 5.82 Å². The number of hydrogen-bond acceptors (Lipinski definition) is 6. The molecule has 2 aromatic heterocycles. The van der Waals surface area contributed by atoms with Crippen LogP contribution in [0.1, 0.15) is 24.6 Å². The van der Waals surface area contributed by atoms with Crippen LogP contribution in [0.25, 0.3) is 22.0 Å². The highest BCUT2D eigenvalue weighted by molar-refractivity contribution is 6.30. The highest BCUT2D eigenvalue weighted by atomic mass is 35.5. The maximum absolute atomic E-state index is 6.08. The van der Waals surface area contributed by atoms with E-state index in [4.69, 9.17) is 11.6 Å². The number of H-pyrrole nitrogens is 1. The number of rotatable bonds is 3. The molecule has 1 fully saturated rings. The maximum atomic E-state index is 6.08. The molecule has 1 atom stereocenters. The molecule has 2 aromatic carbocycles. The zero-order valence-corrected chi connectivity index (χ0v) is 15.8. The molecule has 0 bridgehead atoms. The Hall–Kier alpha value is -3.06. The van der Waals surface area contributed by atoms with Crippen LogP contribution in [-0.2, 0) is 0 Å². The van der Waals surface area contributed by atoms with E-state index < -0.39 is 0 Å². The summed E-state index contributed by atoms with van der Waals surface area (Å²) in [7, 11) is 0. The van der Waals surface area contributed by atoms with Gasteiger partial charge in [0.2, 0.25) is 0 Å². The fraction of sp³-hybridized carbons (Fsp3) is 0.250. The van der Waals surface area contributed by atoms with Crippen LogP contribution in [0.3, 0.4) is 0 Å². The highest BCUT2D eigenvalue weighted by Gasteiger charge is 2.26. The number of aromatic nitrogens is 6. The molecule has 1 unspecified atom stereocenters. The molecule has 3 heterocycles. The van der Waals surface area contributed by atoms with Crippen molar-refractivity contribution in [3.05, 3.63) is 59.6 Å². The highest BCUT2D eigenvalue weighted by Crippen LogP contribution is 2.36. The van der Waals surface area contributed by atoms with Crippen molar-refractivity contribution < 1.29 is 0 Å². The summed E-state index contributed by atoms with van der Waals surface area (Å²) < 4.78 is 0. The summed E-state index contributed by atoms with van der Waals surface area (Å²) in [4.78, 5) is 11.5. The Bertz CT molecular complexity index is 1090. The van der Waals surface area contributed by atoms with E-state index in [1.165, 1.54) is 0 Å². The van der Waals surface area contributed by atoms with Crippen LogP contribution in [0.2, 0.25) is 5.02 Å². The van der Waals surface area contributed by atoms with E-state index in [2.05, 4.69) is 41.6 Å². The predicted octanol–water partition coefficient (Wildman–Crippen LogP) is 3.85. The van der Waals surface area contributed by atoms with Crippen molar-refractivity contribution in [2.45, 2.75) is 18.8 Å². The molecule has 1 N–H and O–H groups in total. The zero-order valence-electron chi connectivity index (χ0n) is 15.1. The molecule has 0 saturated carbocycles. The van der Waals surface area contributed by atoms with E-state index in [0.29, 0.717) is 0 Å². The monoisotopic (exact) mass is 391 g/mol. The first-order valence-electron chi connectivity index (χ1n) is 9.28. The number of nitrogens with one attached hydrogen (secondary N) is 1. The van der Waals surface area contributed by atoms with Crippen LogP contribution in [0.15, 0.2) is 48.8 Å². The van der Waals surface area contributed by atoms with Gasteiger partial charge in [-0.3, -0.25) is 0 Å². The van der Waals surface area contributed by atoms with Crippen molar-refractivity contribution in [3.63, 3.8) is 0 Å². The molecule has 28 heavy (non-hydrogen) atoms. The molecule has 0 spiro atoms. The van der Waals surface area contributed by atoms with Crippen molar-refractivity contribution in [3.8, 4) is 11.1 Å². The summed E-state index contributed by atoms with van der Waals surface area (Å²) in [5.41, 5.74) is 3.13. The Morgan fingerprint density at radius 2 is 1.96 bits per heavy atom. The normalized spacial score (nSPS) is 17.2. The first-order valence-corrected chi connectivity index (χ1v) is 9.65. The van der Waals surface area contributed by atoms with Crippen molar-refractivity contribution in [1.82, 2.24) is 30.6 Å². The van der Waals surface area contributed by atoms with Gasteiger partial charge < -0.3 is 4.90 Å². The standard InChI is InChI=1S/C20H18ClN7/c21-15-8-6-13(7-9-15)16-4-1-5-17-18(16)20(23-12-22-17)28-10-2-3-14(11-28)19-24-26-27-25-19/h1,4-9,12,14H,2-3,10-11H2,(H,24,25,26,27). The molecular weight excluding hydrogens is 374 g/mol. The van der Waals surface area contributed by atoms with Crippen molar-refractivity contribution in [1.29, 1.82) is 0 Å². The third-order valence-corrected chi connectivity index (χ3v) is 5.52. The Morgan fingerprint density at radius 1 is 1.07 bits per heavy atom. The predicted molar refractivity (Wildman–Crippen MR) is 108 cm³/mol. The number of fused-ring (bicyclic) bond motifs is 1. The van der Waals surface area contributed by atoms with Crippen LogP contribution >= 0.6 is 11.6 Å². The number of hydrogen-bond donors (Lipinski definition) is 1. The lowest BCUT2D eigenvalue weighted by molar-refractivity contribution is 0.490. The largest absolute Gasteiger partial charge is 0.355 e. The van der Waals surface area contributed by atoms with E-state index in [1.807, 2.05) is 36.4 Å². The Kier molecular flexibility index (Phi) is 4.37. The first-order chi connectivity index (χ1) is 13.8. The fourth-order valence-corrected chi connectivity index (χ4v) is 4.06. The smallest absolute Gasteiger partial charge is 0.153 e. The minimum atomic E-state index is 0.261. The third-order valence-electron chi connectivity index (χ3n) is 5.27. The number of piperidine rings is 1. The van der Waals surface area contributed by atoms with E-state index in [-0.39, 0.29) is 5.92 Å². The van der Waals surface area contributed by atoms with Gasteiger partial charge in [0.1, 0.15) is 12.1 Å². The van der Waals surface area contributed by atoms with E-state index in [9.17, 15) is 0 Å². The summed E-state index contributed by atoms with van der Waals surface area (Å²) in [6.07, 6.45) is 3.75. The van der Waals surface area contributed by atoms with Crippen molar-refractivity contribution in [2.24, 2.45) is 0 Å². The number of halogens is 1. The average Bonchev–Trinajstić information content (AvgIpc) is 3.29. The lowest BCUT2D eigenvalue weighted by Crippen LogP contribution is -2.35. The second-order valence-electron chi connectivity index (χ2n) is 6.98. The summed E-state index contributed by atoms with van der Waals surface area (Å²) in [6.45, 7) is 1.76. The van der Waals surface area contributed by atoms with Crippen LogP contribution in [-0.4, -0.2) is 43.7 Å². The molecule has 1 aliphatic rings. The van der Waals surface area contributed by atoms with Crippen LogP contribution < -0.4 is 4.90 Å². The minimum absolute atomic E-state index is 0.261. The van der Waals surface area contributed by atoms with Crippen LogP contribution in [0, 0.1) is 0 Å². The second kappa shape index (κ2) is 7.16. The Balaban J connectivity index is 1.60. The van der Waals surface area contributed by atoms with Gasteiger partial charge in [0.05, 0.1) is 10.9 Å². The molecule has 4 aromatic rings. The van der Waals surface area contributed by atoms with Crippen LogP contribution in [0.5, 0.6) is 0 Å². The minimum Gasteiger partial charge on any atom is -0.355 e. The lowest BCUT2D eigenvalue weighted by atomic mass is 9.96. The average molecular weight is 392 g/mol. The molecule has 8 heteroatoms. The molecule has 1 saturated heterocycles. The van der Waals surface area contributed by atoms with Gasteiger partial charge >= 0.3 is 0 Å². The molecule has 5 rings (SSSR count). The second-order valence-corrected chi connectivity index (χ2v) is 7.41. The Labute approximate surface area is 166 Å². The lowest BCUT2D eigenvalue weighted by Gasteiger charge is -2.33. The number of aromatic amines is 1. The first kappa shape index (κ1) is 17.1. The van der Waals surface area contributed by atoms with Crippen molar-refractivity contribution >= 4 is 28.3 Å². The number of benzene rings is 2. The van der Waals surface area contributed by atoms with E-state index >= 15 is 0 Å². The van der Waals surface area contributed by atoms with Gasteiger partial charge in [0.25, 0.3) is 0 Å². The number of anilines is 1. The Morgan fingerprint density at radius 3 is 2.79 bits per heavy atom. The molecule has 1 aliphatic heterocycles. The van der Waals surface area contributed by atoms with Gasteiger partial charge in [0, 0.05) is 24.0 Å².